The van der Waals surface area contributed by atoms with Crippen molar-refractivity contribution in [1.82, 2.24) is 34.8 Å². The molecule has 0 saturated heterocycles. The highest BCUT2D eigenvalue weighted by Gasteiger charge is 2.28. The lowest BCUT2D eigenvalue weighted by atomic mass is 10.0. The van der Waals surface area contributed by atoms with E-state index in [-0.39, 0.29) is 45.6 Å². The second-order valence-electron chi connectivity index (χ2n) is 9.31. The molecule has 0 saturated carbocycles. The predicted octanol–water partition coefficient (Wildman–Crippen LogP) is 4.05. The van der Waals surface area contributed by atoms with E-state index < -0.39 is 29.5 Å². The first-order valence-electron chi connectivity index (χ1n) is 12.4. The first-order chi connectivity index (χ1) is 20.3. The van der Waals surface area contributed by atoms with Gasteiger partial charge in [0.2, 0.25) is 0 Å². The van der Waals surface area contributed by atoms with Gasteiger partial charge in [0.05, 0.1) is 53.6 Å². The number of imidazole rings is 1. The maximum Gasteiger partial charge on any atom is 0.428 e. The van der Waals surface area contributed by atoms with Gasteiger partial charge in [0.1, 0.15) is 11.4 Å². The number of ether oxygens (including phenoxy) is 1. The van der Waals surface area contributed by atoms with Gasteiger partial charge in [-0.2, -0.15) is 19.1 Å². The second kappa shape index (κ2) is 12.2. The molecule has 16 heteroatoms. The van der Waals surface area contributed by atoms with Gasteiger partial charge in [-0.1, -0.05) is 11.6 Å². The Morgan fingerprint density at radius 3 is 2.58 bits per heavy atom. The Morgan fingerprint density at radius 2 is 1.95 bits per heavy atom. The Hall–Kier alpha value is -5.36. The van der Waals surface area contributed by atoms with Crippen LogP contribution < -0.4 is 10.7 Å². The highest BCUT2D eigenvalue weighted by atomic mass is 35.5. The lowest BCUT2D eigenvalue weighted by Gasteiger charge is -2.19. The topological polar surface area (TPSA) is 160 Å². The number of benzene rings is 1. The van der Waals surface area contributed by atoms with Gasteiger partial charge in [-0.15, -0.1) is 0 Å². The van der Waals surface area contributed by atoms with E-state index >= 15 is 0 Å². The lowest BCUT2D eigenvalue weighted by molar-refractivity contribution is 0.0131. The first kappa shape index (κ1) is 30.6. The van der Waals surface area contributed by atoms with Crippen molar-refractivity contribution < 1.29 is 27.9 Å². The molecule has 0 aliphatic carbocycles. The third-order valence-electron chi connectivity index (χ3n) is 6.03. The SMILES string of the molecule is COC(=O)N(C)NC(=O)c1cc(C#N)cc(C)c1NC(=O)c1cc(Cn2cnc(C(C)(F)F)c2)nn1-c1ncccc1Cl. The lowest BCUT2D eigenvalue weighted by Crippen LogP contribution is -2.43. The van der Waals surface area contributed by atoms with Crippen molar-refractivity contribution >= 4 is 35.2 Å². The second-order valence-corrected chi connectivity index (χ2v) is 9.72. The van der Waals surface area contributed by atoms with Crippen molar-refractivity contribution in [2.45, 2.75) is 26.3 Å². The minimum Gasteiger partial charge on any atom is -0.452 e. The summed E-state index contributed by atoms with van der Waals surface area (Å²) in [6.45, 7) is 2.28. The molecule has 3 heterocycles. The van der Waals surface area contributed by atoms with Gasteiger partial charge in [0.25, 0.3) is 17.7 Å². The molecule has 4 aromatic rings. The molecule has 0 unspecified atom stereocenters. The van der Waals surface area contributed by atoms with Gasteiger partial charge in [-0.25, -0.2) is 24.5 Å². The smallest absolute Gasteiger partial charge is 0.428 e. The van der Waals surface area contributed by atoms with Crippen LogP contribution in [0.3, 0.4) is 0 Å². The number of pyridine rings is 1. The molecule has 1 aromatic carbocycles. The average molecular weight is 612 g/mol. The van der Waals surface area contributed by atoms with Crippen molar-refractivity contribution in [3.05, 3.63) is 87.8 Å². The van der Waals surface area contributed by atoms with Crippen molar-refractivity contribution in [2.75, 3.05) is 19.5 Å². The highest BCUT2D eigenvalue weighted by molar-refractivity contribution is 6.32. The third-order valence-corrected chi connectivity index (χ3v) is 6.32. The molecule has 0 spiro atoms. The van der Waals surface area contributed by atoms with Gasteiger partial charge in [0.15, 0.2) is 5.82 Å². The van der Waals surface area contributed by atoms with E-state index in [9.17, 15) is 28.4 Å². The fourth-order valence-corrected chi connectivity index (χ4v) is 4.20. The van der Waals surface area contributed by atoms with Crippen LogP contribution in [0, 0.1) is 18.3 Å². The number of nitrogens with zero attached hydrogens (tertiary/aromatic N) is 7. The fraction of sp³-hybridized carbons (Fsp3) is 0.222. The number of alkyl halides is 2. The number of hydrogen-bond donors (Lipinski definition) is 2. The number of aromatic nitrogens is 5. The van der Waals surface area contributed by atoms with Crippen LogP contribution in [-0.4, -0.2) is 61.4 Å². The molecule has 0 atom stereocenters. The summed E-state index contributed by atoms with van der Waals surface area (Å²) in [6.07, 6.45) is 2.97. The summed E-state index contributed by atoms with van der Waals surface area (Å²) in [5.41, 5.74) is 2.54. The van der Waals surface area contributed by atoms with Crippen LogP contribution in [0.2, 0.25) is 5.02 Å². The molecule has 3 amide bonds. The van der Waals surface area contributed by atoms with Crippen molar-refractivity contribution in [3.63, 3.8) is 0 Å². The summed E-state index contributed by atoms with van der Waals surface area (Å²) in [5, 5.41) is 17.5. The number of hydrazine groups is 1. The molecule has 0 fully saturated rings. The number of carbonyl (C=O) groups is 3. The van der Waals surface area contributed by atoms with E-state index in [0.717, 1.165) is 19.0 Å². The normalized spacial score (nSPS) is 11.0. The minimum absolute atomic E-state index is 0.0236. The maximum atomic E-state index is 13.7. The number of rotatable bonds is 7. The molecular weight excluding hydrogens is 588 g/mol. The number of anilines is 1. The molecule has 3 aromatic heterocycles. The quantitative estimate of drug-likeness (QED) is 0.296. The zero-order chi connectivity index (χ0) is 31.5. The van der Waals surface area contributed by atoms with E-state index in [0.29, 0.717) is 5.56 Å². The number of nitriles is 1. The molecule has 0 aliphatic heterocycles. The number of nitrogens with one attached hydrogen (secondary N) is 2. The first-order valence-corrected chi connectivity index (χ1v) is 12.8. The van der Waals surface area contributed by atoms with Crippen molar-refractivity contribution in [3.8, 4) is 11.9 Å². The van der Waals surface area contributed by atoms with E-state index in [1.165, 1.54) is 53.2 Å². The number of amides is 3. The van der Waals surface area contributed by atoms with Crippen LogP contribution in [0.4, 0.5) is 19.3 Å². The summed E-state index contributed by atoms with van der Waals surface area (Å²) in [6, 6.07) is 9.21. The number of halogens is 3. The zero-order valence-corrected chi connectivity index (χ0v) is 24.0. The monoisotopic (exact) mass is 611 g/mol. The molecule has 222 valence electrons. The Morgan fingerprint density at radius 1 is 1.21 bits per heavy atom. The Kier molecular flexibility index (Phi) is 8.72. The summed E-state index contributed by atoms with van der Waals surface area (Å²) in [7, 11) is 2.39. The van der Waals surface area contributed by atoms with Crippen LogP contribution in [0.5, 0.6) is 0 Å². The standard InChI is InChI=1S/C27H24ClF2N9O4/c1-15-8-16(11-31)9-18(24(40)36-37(3)26(42)43-4)22(15)34-25(41)20-10-17(12-38-13-21(33-14-38)27(2,29)30)35-39(20)23-19(28)6-5-7-32-23/h5-10,13-14H,12H2,1-4H3,(H,34,41)(H,36,40). The third kappa shape index (κ3) is 6.76. The number of methoxy groups -OCH3 is 1. The average Bonchev–Trinajstić information content (AvgIpc) is 3.61. The van der Waals surface area contributed by atoms with Crippen LogP contribution in [0.1, 0.15) is 50.3 Å². The van der Waals surface area contributed by atoms with Gasteiger partial charge < -0.3 is 14.6 Å². The van der Waals surface area contributed by atoms with Gasteiger partial charge in [0, 0.05) is 26.4 Å². The van der Waals surface area contributed by atoms with Crippen LogP contribution in [0.25, 0.3) is 5.82 Å². The van der Waals surface area contributed by atoms with Crippen LogP contribution >= 0.6 is 11.6 Å². The maximum absolute atomic E-state index is 13.7. The summed E-state index contributed by atoms with van der Waals surface area (Å²) in [4.78, 5) is 46.6. The Bertz CT molecular complexity index is 1760. The van der Waals surface area contributed by atoms with E-state index in [4.69, 9.17) is 11.6 Å². The van der Waals surface area contributed by atoms with E-state index in [2.05, 4.69) is 30.5 Å². The molecule has 4 rings (SSSR count). The number of carbonyl (C=O) groups excluding carboxylic acids is 3. The van der Waals surface area contributed by atoms with Gasteiger partial charge in [-0.05, 0) is 42.8 Å². The molecule has 0 aliphatic rings. The van der Waals surface area contributed by atoms with E-state index in [1.807, 2.05) is 6.07 Å². The Labute approximate surface area is 248 Å². The van der Waals surface area contributed by atoms with Gasteiger partial charge >= 0.3 is 6.09 Å². The number of aryl methyl sites for hydroxylation is 1. The Balaban J connectivity index is 1.74. The van der Waals surface area contributed by atoms with Crippen molar-refractivity contribution in [1.29, 1.82) is 5.26 Å². The summed E-state index contributed by atoms with van der Waals surface area (Å²) < 4.78 is 34.6. The molecule has 0 bridgehead atoms. The summed E-state index contributed by atoms with van der Waals surface area (Å²) >= 11 is 6.35. The minimum atomic E-state index is -3.15. The molecule has 13 nitrogen and oxygen atoms in total. The van der Waals surface area contributed by atoms with Crippen LogP contribution in [-0.2, 0) is 17.2 Å². The molecule has 43 heavy (non-hydrogen) atoms. The van der Waals surface area contributed by atoms with Crippen LogP contribution in [0.15, 0.2) is 49.1 Å². The van der Waals surface area contributed by atoms with E-state index in [1.54, 1.807) is 19.1 Å². The summed E-state index contributed by atoms with van der Waals surface area (Å²) in [5.74, 6) is -4.59. The zero-order valence-electron chi connectivity index (χ0n) is 23.2. The van der Waals surface area contributed by atoms with Gasteiger partial charge in [-0.3, -0.25) is 15.0 Å². The fourth-order valence-electron chi connectivity index (χ4n) is 3.99. The largest absolute Gasteiger partial charge is 0.452 e. The number of hydrogen-bond acceptors (Lipinski definition) is 8. The molecule has 2 N–H and O–H groups in total. The van der Waals surface area contributed by atoms with Crippen molar-refractivity contribution in [2.24, 2.45) is 0 Å². The molecule has 0 radical (unpaired) electrons. The predicted molar refractivity (Wildman–Crippen MR) is 149 cm³/mol. The molecular formula is C27H24ClF2N9O4. The highest BCUT2D eigenvalue weighted by Crippen LogP contribution is 2.27.